The maximum Gasteiger partial charge on any atom is 0.122 e. The van der Waals surface area contributed by atoms with Gasteiger partial charge < -0.3 is 5.11 Å². The van der Waals surface area contributed by atoms with Gasteiger partial charge in [-0.05, 0) is 28.3 Å². The van der Waals surface area contributed by atoms with E-state index in [1.54, 1.807) is 5.51 Å². The van der Waals surface area contributed by atoms with Crippen molar-refractivity contribution in [1.29, 1.82) is 0 Å². The Labute approximate surface area is 84.8 Å². The van der Waals surface area contributed by atoms with Crippen LogP contribution in [0, 0.1) is 5.92 Å². The zero-order valence-corrected chi connectivity index (χ0v) is 9.52. The predicted octanol–water partition coefficient (Wildman–Crippen LogP) is 2.99. The van der Waals surface area contributed by atoms with Gasteiger partial charge in [0.15, 0.2) is 0 Å². The molecule has 2 nitrogen and oxygen atoms in total. The summed E-state index contributed by atoms with van der Waals surface area (Å²) in [6.45, 7) is 4.19. The molecule has 0 amide bonds. The Bertz CT molecular complexity index is 249. The van der Waals surface area contributed by atoms with Crippen molar-refractivity contribution in [1.82, 2.24) is 4.98 Å². The van der Waals surface area contributed by atoms with Crippen LogP contribution in [-0.2, 0) is 0 Å². The van der Waals surface area contributed by atoms with Crippen molar-refractivity contribution in [3.63, 3.8) is 0 Å². The Morgan fingerprint density at radius 1 is 1.67 bits per heavy atom. The minimum absolute atomic E-state index is 0.369. The van der Waals surface area contributed by atoms with Crippen molar-refractivity contribution in [3.8, 4) is 0 Å². The summed E-state index contributed by atoms with van der Waals surface area (Å²) < 4.78 is 0.778. The molecule has 12 heavy (non-hydrogen) atoms. The fourth-order valence-corrected chi connectivity index (χ4v) is 2.47. The summed E-state index contributed by atoms with van der Waals surface area (Å²) in [5.74, 6) is 0.508. The van der Waals surface area contributed by atoms with Crippen molar-refractivity contribution in [2.75, 3.05) is 0 Å². The quantitative estimate of drug-likeness (QED) is 0.894. The number of aliphatic hydroxyl groups excluding tert-OH is 1. The van der Waals surface area contributed by atoms with Gasteiger partial charge in [-0.25, -0.2) is 4.98 Å². The van der Waals surface area contributed by atoms with Gasteiger partial charge in [0.2, 0.25) is 0 Å². The minimum atomic E-state index is -0.369. The highest BCUT2D eigenvalue weighted by Gasteiger charge is 2.14. The molecule has 0 spiro atoms. The Morgan fingerprint density at radius 3 is 2.75 bits per heavy atom. The molecule has 0 aliphatic carbocycles. The summed E-state index contributed by atoms with van der Waals surface area (Å²) in [5.41, 5.74) is 1.74. The Kier molecular flexibility index (Phi) is 3.68. The molecule has 1 N–H and O–H groups in total. The lowest BCUT2D eigenvalue weighted by Gasteiger charge is -2.10. The highest BCUT2D eigenvalue weighted by Crippen LogP contribution is 2.30. The fourth-order valence-electron chi connectivity index (χ4n) is 1.01. The molecule has 1 unspecified atom stereocenters. The number of hydrogen-bond donors (Lipinski definition) is 1. The normalized spacial score (nSPS) is 13.8. The summed E-state index contributed by atoms with van der Waals surface area (Å²) in [5, 5.41) is 9.70. The lowest BCUT2D eigenvalue weighted by atomic mass is 10.1. The molecule has 1 aromatic rings. The second kappa shape index (κ2) is 4.35. The number of halogens is 1. The van der Waals surface area contributed by atoms with Crippen LogP contribution >= 0.6 is 27.3 Å². The smallest absolute Gasteiger partial charge is 0.122 e. The van der Waals surface area contributed by atoms with Gasteiger partial charge in [-0.2, -0.15) is 0 Å². The number of aromatic nitrogens is 1. The zero-order valence-electron chi connectivity index (χ0n) is 7.12. The number of rotatable bonds is 3. The molecule has 0 saturated carbocycles. The van der Waals surface area contributed by atoms with Crippen molar-refractivity contribution in [2.45, 2.75) is 26.4 Å². The van der Waals surface area contributed by atoms with E-state index >= 15 is 0 Å². The van der Waals surface area contributed by atoms with E-state index in [1.165, 1.54) is 11.3 Å². The summed E-state index contributed by atoms with van der Waals surface area (Å²) >= 11 is 4.79. The van der Waals surface area contributed by atoms with E-state index in [-0.39, 0.29) is 6.10 Å². The molecule has 1 heterocycles. The average Bonchev–Trinajstić information content (AvgIpc) is 2.33. The molecule has 1 rings (SSSR count). The van der Waals surface area contributed by atoms with Crippen molar-refractivity contribution < 1.29 is 5.11 Å². The first-order valence-corrected chi connectivity index (χ1v) is 5.55. The SMILES string of the molecule is CC(C)CC(O)c1scnc1Br. The van der Waals surface area contributed by atoms with E-state index in [0.717, 1.165) is 15.9 Å². The molecule has 0 aliphatic heterocycles. The van der Waals surface area contributed by atoms with Crippen LogP contribution in [0.5, 0.6) is 0 Å². The molecule has 0 aromatic carbocycles. The standard InChI is InChI=1S/C8H12BrNOS/c1-5(2)3-6(11)7-8(9)10-4-12-7/h4-6,11H,3H2,1-2H3. The van der Waals surface area contributed by atoms with Crippen LogP contribution in [0.2, 0.25) is 0 Å². The van der Waals surface area contributed by atoms with Gasteiger partial charge in [-0.1, -0.05) is 13.8 Å². The second-order valence-electron chi connectivity index (χ2n) is 3.15. The van der Waals surface area contributed by atoms with Crippen LogP contribution in [0.4, 0.5) is 0 Å². The molecule has 0 bridgehead atoms. The summed E-state index contributed by atoms with van der Waals surface area (Å²) in [7, 11) is 0. The van der Waals surface area contributed by atoms with Crippen molar-refractivity contribution in [2.24, 2.45) is 5.92 Å². The molecule has 68 valence electrons. The molecule has 0 radical (unpaired) electrons. The van der Waals surface area contributed by atoms with Gasteiger partial charge in [0.25, 0.3) is 0 Å². The van der Waals surface area contributed by atoms with E-state index in [2.05, 4.69) is 34.8 Å². The topological polar surface area (TPSA) is 33.1 Å². The van der Waals surface area contributed by atoms with Gasteiger partial charge in [-0.3, -0.25) is 0 Å². The molecule has 1 atom stereocenters. The first-order valence-electron chi connectivity index (χ1n) is 3.88. The zero-order chi connectivity index (χ0) is 9.14. The Balaban J connectivity index is 2.65. The highest BCUT2D eigenvalue weighted by atomic mass is 79.9. The van der Waals surface area contributed by atoms with Crippen LogP contribution in [0.3, 0.4) is 0 Å². The molecule has 0 fully saturated rings. The Hall–Kier alpha value is 0.0700. The van der Waals surface area contributed by atoms with Crippen molar-refractivity contribution >= 4 is 27.3 Å². The van der Waals surface area contributed by atoms with Gasteiger partial charge in [0.1, 0.15) is 4.60 Å². The maximum absolute atomic E-state index is 9.70. The number of nitrogens with zero attached hydrogens (tertiary/aromatic N) is 1. The third-order valence-electron chi connectivity index (χ3n) is 1.55. The lowest BCUT2D eigenvalue weighted by molar-refractivity contribution is 0.153. The third-order valence-corrected chi connectivity index (χ3v) is 3.37. The van der Waals surface area contributed by atoms with Gasteiger partial charge in [0, 0.05) is 0 Å². The van der Waals surface area contributed by atoms with E-state index < -0.39 is 0 Å². The monoisotopic (exact) mass is 249 g/mol. The van der Waals surface area contributed by atoms with Gasteiger partial charge in [0.05, 0.1) is 16.5 Å². The number of thiazole rings is 1. The summed E-state index contributed by atoms with van der Waals surface area (Å²) in [6.07, 6.45) is 0.424. The van der Waals surface area contributed by atoms with E-state index in [0.29, 0.717) is 5.92 Å². The predicted molar refractivity (Wildman–Crippen MR) is 54.2 cm³/mol. The van der Waals surface area contributed by atoms with Gasteiger partial charge in [-0.15, -0.1) is 11.3 Å². The van der Waals surface area contributed by atoms with Crippen LogP contribution in [0.15, 0.2) is 10.1 Å². The Morgan fingerprint density at radius 2 is 2.33 bits per heavy atom. The van der Waals surface area contributed by atoms with Crippen LogP contribution in [0.1, 0.15) is 31.2 Å². The maximum atomic E-state index is 9.70. The van der Waals surface area contributed by atoms with Crippen LogP contribution < -0.4 is 0 Å². The minimum Gasteiger partial charge on any atom is -0.387 e. The molecule has 1 aromatic heterocycles. The van der Waals surface area contributed by atoms with E-state index in [1.807, 2.05) is 0 Å². The van der Waals surface area contributed by atoms with E-state index in [9.17, 15) is 5.11 Å². The fraction of sp³-hybridized carbons (Fsp3) is 0.625. The third kappa shape index (κ3) is 2.54. The summed E-state index contributed by atoms with van der Waals surface area (Å²) in [4.78, 5) is 4.95. The lowest BCUT2D eigenvalue weighted by Crippen LogP contribution is -2.00. The molecule has 0 saturated heterocycles. The number of aliphatic hydroxyl groups is 1. The van der Waals surface area contributed by atoms with Crippen molar-refractivity contribution in [3.05, 3.63) is 15.0 Å². The molecule has 0 aliphatic rings. The summed E-state index contributed by atoms with van der Waals surface area (Å²) in [6, 6.07) is 0. The first kappa shape index (κ1) is 10.2. The van der Waals surface area contributed by atoms with E-state index in [4.69, 9.17) is 0 Å². The average molecular weight is 250 g/mol. The van der Waals surface area contributed by atoms with Crippen LogP contribution in [0.25, 0.3) is 0 Å². The van der Waals surface area contributed by atoms with Gasteiger partial charge >= 0.3 is 0 Å². The first-order chi connectivity index (χ1) is 5.61. The molecular formula is C8H12BrNOS. The molecule has 4 heteroatoms. The molecular weight excluding hydrogens is 238 g/mol. The van der Waals surface area contributed by atoms with Crippen LogP contribution in [-0.4, -0.2) is 10.1 Å². The second-order valence-corrected chi connectivity index (χ2v) is 4.79. The largest absolute Gasteiger partial charge is 0.387 e. The number of hydrogen-bond acceptors (Lipinski definition) is 3. The highest BCUT2D eigenvalue weighted by molar-refractivity contribution is 9.10.